The van der Waals surface area contributed by atoms with Gasteiger partial charge in [0.25, 0.3) is 5.56 Å². The maximum atomic E-state index is 13.4. The summed E-state index contributed by atoms with van der Waals surface area (Å²) >= 11 is 6.00. The van der Waals surface area contributed by atoms with E-state index in [9.17, 15) is 14.0 Å². The second-order valence-electron chi connectivity index (χ2n) is 5.54. The number of aromatic nitrogens is 2. The molecule has 21 heavy (non-hydrogen) atoms. The molecule has 1 aromatic carbocycles. The number of hydrogen-bond acceptors (Lipinski definition) is 2. The molecular formula is C15H14ClFN2O2. The number of rotatable bonds is 2. The van der Waals surface area contributed by atoms with E-state index in [0.717, 1.165) is 12.8 Å². The average molecular weight is 309 g/mol. The zero-order chi connectivity index (χ0) is 15.1. The molecule has 0 bridgehead atoms. The van der Waals surface area contributed by atoms with Crippen LogP contribution in [-0.4, -0.2) is 9.55 Å². The van der Waals surface area contributed by atoms with Crippen LogP contribution in [0.15, 0.2) is 33.9 Å². The molecule has 1 fully saturated rings. The standard InChI is InChI=1S/C15H14ClFN2O2/c1-8-5-11(6-8)19-14(20)12(13(16)18-15(19)21)9-3-2-4-10(17)7-9/h2-4,7-8,11H,5-6H2,1H3,(H,18,21). The Balaban J connectivity index is 2.20. The van der Waals surface area contributed by atoms with Crippen molar-refractivity contribution >= 4 is 11.6 Å². The summed E-state index contributed by atoms with van der Waals surface area (Å²) in [6.07, 6.45) is 1.57. The Morgan fingerprint density at radius 3 is 2.67 bits per heavy atom. The van der Waals surface area contributed by atoms with Crippen molar-refractivity contribution in [1.82, 2.24) is 9.55 Å². The number of halogens is 2. The third-order valence-electron chi connectivity index (χ3n) is 3.91. The van der Waals surface area contributed by atoms with Gasteiger partial charge in [-0.1, -0.05) is 30.7 Å². The lowest BCUT2D eigenvalue weighted by molar-refractivity contribution is 0.205. The van der Waals surface area contributed by atoms with E-state index in [1.54, 1.807) is 6.07 Å². The maximum absolute atomic E-state index is 13.4. The van der Waals surface area contributed by atoms with Crippen molar-refractivity contribution in [3.63, 3.8) is 0 Å². The van der Waals surface area contributed by atoms with Gasteiger partial charge in [-0.05, 0) is 36.5 Å². The number of hydrogen-bond donors (Lipinski definition) is 1. The van der Waals surface area contributed by atoms with Gasteiger partial charge in [0.15, 0.2) is 0 Å². The highest BCUT2D eigenvalue weighted by Crippen LogP contribution is 2.36. The molecule has 0 amide bonds. The predicted molar refractivity (Wildman–Crippen MR) is 79.2 cm³/mol. The topological polar surface area (TPSA) is 54.9 Å². The molecule has 0 aliphatic heterocycles. The van der Waals surface area contributed by atoms with Crippen molar-refractivity contribution in [3.8, 4) is 11.1 Å². The van der Waals surface area contributed by atoms with E-state index in [1.807, 2.05) is 0 Å². The van der Waals surface area contributed by atoms with Gasteiger partial charge in [-0.15, -0.1) is 0 Å². The highest BCUT2D eigenvalue weighted by atomic mass is 35.5. The van der Waals surface area contributed by atoms with Gasteiger partial charge in [0.1, 0.15) is 11.0 Å². The molecule has 110 valence electrons. The van der Waals surface area contributed by atoms with Crippen molar-refractivity contribution in [2.45, 2.75) is 25.8 Å². The number of nitrogens with zero attached hydrogens (tertiary/aromatic N) is 1. The molecule has 0 radical (unpaired) electrons. The molecule has 2 aromatic rings. The molecule has 1 heterocycles. The van der Waals surface area contributed by atoms with Crippen LogP contribution in [0.25, 0.3) is 11.1 Å². The van der Waals surface area contributed by atoms with E-state index in [1.165, 1.54) is 22.8 Å². The van der Waals surface area contributed by atoms with Crippen LogP contribution in [0.2, 0.25) is 5.15 Å². The quantitative estimate of drug-likeness (QED) is 0.867. The second kappa shape index (κ2) is 5.15. The third-order valence-corrected chi connectivity index (χ3v) is 4.20. The van der Waals surface area contributed by atoms with E-state index in [-0.39, 0.29) is 16.8 Å². The fourth-order valence-corrected chi connectivity index (χ4v) is 3.09. The summed E-state index contributed by atoms with van der Waals surface area (Å²) in [4.78, 5) is 27.1. The zero-order valence-electron chi connectivity index (χ0n) is 11.4. The van der Waals surface area contributed by atoms with E-state index in [0.29, 0.717) is 11.5 Å². The minimum atomic E-state index is -0.512. The van der Waals surface area contributed by atoms with Crippen LogP contribution in [0, 0.1) is 11.7 Å². The SMILES string of the molecule is CC1CC(n2c(=O)[nH]c(Cl)c(-c3cccc(F)c3)c2=O)C1. The first-order valence-corrected chi connectivity index (χ1v) is 7.15. The van der Waals surface area contributed by atoms with Crippen molar-refractivity contribution in [1.29, 1.82) is 0 Å². The molecule has 1 aliphatic carbocycles. The largest absolute Gasteiger partial charge is 0.329 e. The molecule has 0 spiro atoms. The van der Waals surface area contributed by atoms with Crippen LogP contribution < -0.4 is 11.2 Å². The van der Waals surface area contributed by atoms with E-state index in [4.69, 9.17) is 11.6 Å². The summed E-state index contributed by atoms with van der Waals surface area (Å²) < 4.78 is 14.6. The van der Waals surface area contributed by atoms with Crippen LogP contribution in [0.1, 0.15) is 25.8 Å². The monoisotopic (exact) mass is 308 g/mol. The average Bonchev–Trinajstić information content (AvgIpc) is 2.36. The summed E-state index contributed by atoms with van der Waals surface area (Å²) in [5.74, 6) is 0.0348. The van der Waals surface area contributed by atoms with Crippen molar-refractivity contribution in [2.24, 2.45) is 5.92 Å². The Kier molecular flexibility index (Phi) is 3.45. The van der Waals surface area contributed by atoms with Crippen LogP contribution in [0.4, 0.5) is 4.39 Å². The van der Waals surface area contributed by atoms with Crippen molar-refractivity contribution in [2.75, 3.05) is 0 Å². The zero-order valence-corrected chi connectivity index (χ0v) is 12.2. The minimum absolute atomic E-state index is 0.0563. The molecular weight excluding hydrogens is 295 g/mol. The maximum Gasteiger partial charge on any atom is 0.329 e. The smallest absolute Gasteiger partial charge is 0.297 e. The summed E-state index contributed by atoms with van der Waals surface area (Å²) in [5, 5.41) is -0.0563. The summed E-state index contributed by atoms with van der Waals surface area (Å²) in [6, 6.07) is 5.50. The first-order chi connectivity index (χ1) is 9.97. The first kappa shape index (κ1) is 14.1. The number of benzene rings is 1. The molecule has 3 rings (SSSR count). The fraction of sp³-hybridized carbons (Fsp3) is 0.333. The Morgan fingerprint density at radius 1 is 1.33 bits per heavy atom. The highest BCUT2D eigenvalue weighted by Gasteiger charge is 2.30. The molecule has 1 saturated carbocycles. The molecule has 0 atom stereocenters. The molecule has 1 aromatic heterocycles. The van der Waals surface area contributed by atoms with Gasteiger partial charge in [0.2, 0.25) is 0 Å². The molecule has 1 N–H and O–H groups in total. The Labute approximate surface area is 125 Å². The Bertz CT molecular complexity index is 806. The van der Waals surface area contributed by atoms with Crippen molar-refractivity contribution in [3.05, 3.63) is 56.1 Å². The van der Waals surface area contributed by atoms with Crippen molar-refractivity contribution < 1.29 is 4.39 Å². The third kappa shape index (κ3) is 2.42. The summed E-state index contributed by atoms with van der Waals surface area (Å²) in [5.41, 5.74) is -0.481. The van der Waals surface area contributed by atoms with Gasteiger partial charge >= 0.3 is 5.69 Å². The highest BCUT2D eigenvalue weighted by molar-refractivity contribution is 6.32. The first-order valence-electron chi connectivity index (χ1n) is 6.77. The van der Waals surface area contributed by atoms with Gasteiger partial charge in [-0.25, -0.2) is 9.18 Å². The van der Waals surface area contributed by atoms with Gasteiger partial charge < -0.3 is 0 Å². The second-order valence-corrected chi connectivity index (χ2v) is 5.91. The molecule has 4 nitrogen and oxygen atoms in total. The van der Waals surface area contributed by atoms with Gasteiger partial charge in [0.05, 0.1) is 5.56 Å². The Hall–Kier alpha value is -1.88. The lowest BCUT2D eigenvalue weighted by Gasteiger charge is -2.33. The van der Waals surface area contributed by atoms with Crippen LogP contribution in [0.5, 0.6) is 0 Å². The van der Waals surface area contributed by atoms with E-state index >= 15 is 0 Å². The van der Waals surface area contributed by atoms with Crippen LogP contribution in [0.3, 0.4) is 0 Å². The van der Waals surface area contributed by atoms with Gasteiger partial charge in [0, 0.05) is 6.04 Å². The van der Waals surface area contributed by atoms with E-state index in [2.05, 4.69) is 11.9 Å². The molecule has 6 heteroatoms. The lowest BCUT2D eigenvalue weighted by Crippen LogP contribution is -2.43. The van der Waals surface area contributed by atoms with Gasteiger partial charge in [-0.2, -0.15) is 0 Å². The number of nitrogens with one attached hydrogen (secondary N) is 1. The van der Waals surface area contributed by atoms with Gasteiger partial charge in [-0.3, -0.25) is 14.3 Å². The normalized spacial score (nSPS) is 21.1. The fourth-order valence-electron chi connectivity index (χ4n) is 2.82. The summed E-state index contributed by atoms with van der Waals surface area (Å²) in [7, 11) is 0. The predicted octanol–water partition coefficient (Wildman–Crippen LogP) is 2.97. The number of H-pyrrole nitrogens is 1. The van der Waals surface area contributed by atoms with Crippen LogP contribution in [-0.2, 0) is 0 Å². The van der Waals surface area contributed by atoms with E-state index < -0.39 is 17.1 Å². The van der Waals surface area contributed by atoms with Crippen LogP contribution >= 0.6 is 11.6 Å². The Morgan fingerprint density at radius 2 is 2.05 bits per heavy atom. The molecule has 0 saturated heterocycles. The lowest BCUT2D eigenvalue weighted by atomic mass is 9.81. The molecule has 1 aliphatic rings. The summed E-state index contributed by atoms with van der Waals surface area (Å²) in [6.45, 7) is 2.07. The minimum Gasteiger partial charge on any atom is -0.297 e. The molecule has 0 unspecified atom stereocenters. The number of aromatic amines is 1.